The molecule has 132 heavy (non-hydrogen) atoms. The highest BCUT2D eigenvalue weighted by Crippen LogP contribution is 2.25. The highest BCUT2D eigenvalue weighted by Gasteiger charge is 1.93. The van der Waals surface area contributed by atoms with Gasteiger partial charge in [-0.3, -0.25) is 50.0 Å². The third-order valence-electron chi connectivity index (χ3n) is 13.6. The number of thiophene rings is 4. The molecule has 4 aromatic carbocycles. The van der Waals surface area contributed by atoms with Gasteiger partial charge in [-0.05, 0) is 195 Å². The van der Waals surface area contributed by atoms with Crippen LogP contribution in [0.25, 0.3) is 52.5 Å². The summed E-state index contributed by atoms with van der Waals surface area (Å²) in [5.41, 5.74) is 7.02. The first kappa shape index (κ1) is 106. The quantitative estimate of drug-likeness (QED) is 0.0941. The van der Waals surface area contributed by atoms with Gasteiger partial charge in [-0.1, -0.05) is 97.5 Å². The Bertz CT molecular complexity index is 5000. The number of furan rings is 1. The summed E-state index contributed by atoms with van der Waals surface area (Å²) in [5.74, 6) is 0. The second kappa shape index (κ2) is 81.2. The molecule has 0 amide bonds. The lowest BCUT2D eigenvalue weighted by atomic mass is 10.3. The van der Waals surface area contributed by atoms with Gasteiger partial charge in [-0.25, -0.2) is 39.3 Å². The van der Waals surface area contributed by atoms with Gasteiger partial charge in [0.25, 0.3) is 0 Å². The van der Waals surface area contributed by atoms with E-state index in [-0.39, 0.29) is 7.43 Å². The number of benzene rings is 4. The van der Waals surface area contributed by atoms with Crippen molar-refractivity contribution in [2.75, 3.05) is 6.54 Å². The summed E-state index contributed by atoms with van der Waals surface area (Å²) in [6, 6.07) is 72.9. The van der Waals surface area contributed by atoms with Gasteiger partial charge in [-0.2, -0.15) is 26.7 Å². The molecule has 25 aromatic rings. The molecule has 0 unspecified atom stereocenters. The highest BCUT2D eigenvalue weighted by atomic mass is 32.1. The lowest BCUT2D eigenvalue weighted by Crippen LogP contribution is -1.78. The Kier molecular flexibility index (Phi) is 65.0. The minimum absolute atomic E-state index is 0. The number of aromatic nitrogens is 24. The number of hydrogen-bond donors (Lipinski definition) is 5. The molecule has 0 bridgehead atoms. The average Bonchev–Trinajstić information content (AvgIpc) is 1.40. The molecule has 1 aliphatic heterocycles. The number of fused-ring (bicyclic) bond motifs is 5. The Morgan fingerprint density at radius 2 is 0.886 bits per heavy atom. The van der Waals surface area contributed by atoms with Crippen LogP contribution >= 0.6 is 68.2 Å². The van der Waals surface area contributed by atoms with Crippen LogP contribution in [0, 0.1) is 0 Å². The van der Waals surface area contributed by atoms with Crippen LogP contribution in [0.4, 0.5) is 0 Å². The van der Waals surface area contributed by atoms with Crippen molar-refractivity contribution in [3.05, 3.63) is 516 Å². The largest absolute Gasteiger partial charge is 0.473 e. The molecule has 29 nitrogen and oxygen atoms in total. The van der Waals surface area contributed by atoms with Crippen molar-refractivity contribution in [2.45, 2.75) is 7.43 Å². The Labute approximate surface area is 788 Å². The van der Waals surface area contributed by atoms with Crippen LogP contribution < -0.4 is 0 Å². The number of para-hydroxylation sites is 5. The second-order valence-electron chi connectivity index (χ2n) is 22.8. The maximum Gasteiger partial charge on any atom is 0.180 e. The number of rotatable bonds is 0. The molecule has 0 saturated heterocycles. The fraction of sp³-hybridized carbons (Fsp3) is 0.0206. The maximum atomic E-state index is 4.58. The molecule has 35 heteroatoms. The SMILES string of the molecule is C.C1=CN=NC1.c1c[nH]cn1.c1cc2sccc2s1.c1cc[nH]c1.c1ccc2[nH]ccc2c1.c1ccc2[nH]cnc2c1.c1ccc2nccnc2c1.c1ccc2sccc2c1.c1ccncc1.c1ccncc1.c1ccoc1.c1ccsc1.c1cn[nH]c1.c1cnccn1.c1cnccn1.c1cncnc1.c1cncnc1.c1cnoc1.c1cnsc1.c1cocn1.c1cscn1. The van der Waals surface area contributed by atoms with Crippen LogP contribution in [-0.2, 0) is 0 Å². The van der Waals surface area contributed by atoms with Crippen LogP contribution in [0.5, 0.6) is 0 Å². The van der Waals surface area contributed by atoms with Crippen molar-refractivity contribution in [1.82, 2.24) is 119 Å². The van der Waals surface area contributed by atoms with Gasteiger partial charge in [0.2, 0.25) is 0 Å². The summed E-state index contributed by atoms with van der Waals surface area (Å²) < 4.78 is 21.3. The number of oxazole rings is 1. The molecule has 1 aliphatic rings. The minimum atomic E-state index is 0. The number of aromatic amines is 5. The fourth-order valence-corrected chi connectivity index (χ4v) is 11.9. The summed E-state index contributed by atoms with van der Waals surface area (Å²) in [7, 11) is 0. The van der Waals surface area contributed by atoms with E-state index in [9.17, 15) is 0 Å². The van der Waals surface area contributed by atoms with E-state index in [1.54, 1.807) is 273 Å². The van der Waals surface area contributed by atoms with Crippen molar-refractivity contribution in [3.8, 4) is 0 Å². The van der Waals surface area contributed by atoms with E-state index in [4.69, 9.17) is 0 Å². The summed E-state index contributed by atoms with van der Waals surface area (Å²) >= 11 is 10.2. The van der Waals surface area contributed by atoms with Crippen molar-refractivity contribution in [2.24, 2.45) is 10.2 Å². The zero-order chi connectivity index (χ0) is 91.3. The molecule has 22 heterocycles. The summed E-state index contributed by atoms with van der Waals surface area (Å²) in [6.07, 6.45) is 67.1. The number of nitrogens with one attached hydrogen (secondary N) is 5. The number of imidazole rings is 2. The van der Waals surface area contributed by atoms with Crippen LogP contribution in [0.1, 0.15) is 7.43 Å². The van der Waals surface area contributed by atoms with Crippen molar-refractivity contribution in [3.63, 3.8) is 0 Å². The predicted molar refractivity (Wildman–Crippen MR) is 536 cm³/mol. The normalized spacial score (nSPS) is 9.06. The van der Waals surface area contributed by atoms with Gasteiger partial charge < -0.3 is 33.3 Å². The Hall–Kier alpha value is -16.8. The number of nitrogens with zero attached hydrogens (tertiary/aromatic N) is 21. The molecule has 668 valence electrons. The van der Waals surface area contributed by atoms with Crippen molar-refractivity contribution < 1.29 is 13.4 Å². The molecule has 21 aromatic heterocycles. The van der Waals surface area contributed by atoms with Gasteiger partial charge >= 0.3 is 0 Å². The van der Waals surface area contributed by atoms with E-state index in [2.05, 4.69) is 220 Å². The van der Waals surface area contributed by atoms with E-state index in [0.717, 1.165) is 28.6 Å². The van der Waals surface area contributed by atoms with Crippen LogP contribution in [-0.4, -0.2) is 126 Å². The van der Waals surface area contributed by atoms with Gasteiger partial charge in [0.15, 0.2) is 6.39 Å². The van der Waals surface area contributed by atoms with Crippen molar-refractivity contribution in [1.29, 1.82) is 0 Å². The average molecular weight is 1870 g/mol. The first-order valence-electron chi connectivity index (χ1n) is 38.9. The maximum absolute atomic E-state index is 4.58. The molecule has 0 spiro atoms. The number of pyridine rings is 2. The first-order valence-corrected chi connectivity index (χ1v) is 44.3. The van der Waals surface area contributed by atoms with E-state index < -0.39 is 0 Å². The van der Waals surface area contributed by atoms with Crippen LogP contribution in [0.2, 0.25) is 0 Å². The third kappa shape index (κ3) is 59.9. The zero-order valence-corrected chi connectivity index (χ0v) is 75.2. The topological polar surface area (TPSA) is 388 Å². The van der Waals surface area contributed by atoms with Gasteiger partial charge in [0, 0.05) is 204 Å². The number of hydrogen-bond acceptors (Lipinski definition) is 30. The lowest BCUT2D eigenvalue weighted by Gasteiger charge is -1.90. The molecule has 0 saturated carbocycles. The zero-order valence-electron chi connectivity index (χ0n) is 70.3. The Morgan fingerprint density at radius 3 is 1.21 bits per heavy atom. The van der Waals surface area contributed by atoms with Crippen LogP contribution in [0.15, 0.2) is 540 Å². The lowest BCUT2D eigenvalue weighted by molar-refractivity contribution is 0.420. The molecule has 0 atom stereocenters. The van der Waals surface area contributed by atoms with Gasteiger partial charge in [-0.15, -0.1) is 45.3 Å². The molecular weight excluding hydrogens is 1770 g/mol. The van der Waals surface area contributed by atoms with Crippen molar-refractivity contribution >= 4 is 121 Å². The Balaban J connectivity index is 0.000000246. The standard InChI is InChI=1S/C8H6N2.C8H7N.C8H6S.C7H6N2.C6H4S2.2C5H5N.4C4H4N2.C4H5N.C4H4O.C4H4S.3C3H4N2.2C3H3NO.2C3H3NS.CH4/c1-2-4-8-7(3-1)9-5-6-10-8;2*1-2-4-8-7(3-1)5-6-9-8;1-2-4-7-6(3-1)8-5-9-7;1-3-7-6-2-4-8-5(1)6;2*1-2-4-6-5-3-1;2*1-2-6-4-3-5-1;2*1-2-5-4-6-3-1;3*1-2-4-5-3-1;1-2-5-3-4-1;2*1-2-4-5-3-1;1-2-5-3-4-1;1-2-4-5-3-1;1-2-5-3-4-1;1-2-4-5-3-1;/h1-6H;1-6,9H;1-6H;1-5H,(H,8,9);1-4H;2*1-5H;4*1-4H;1-5H;2*1-4H;1-3H,(H,4,5);1-2H,3H2;1-3H,(H,4,5);4*1-3H;1H4. The highest BCUT2D eigenvalue weighted by molar-refractivity contribution is 7.25. The van der Waals surface area contributed by atoms with E-state index in [0.29, 0.717) is 0 Å². The number of H-pyrrole nitrogens is 5. The van der Waals surface area contributed by atoms with E-state index >= 15 is 0 Å². The molecule has 26 rings (SSSR count). The summed E-state index contributed by atoms with van der Waals surface area (Å²) in [6.45, 7) is 0.778. The molecule has 0 fully saturated rings. The number of thiazole rings is 1. The molecule has 5 N–H and O–H groups in total. The summed E-state index contributed by atoms with van der Waals surface area (Å²) in [5, 5.41) is 33.6. The van der Waals surface area contributed by atoms with Gasteiger partial charge in [0.1, 0.15) is 25.2 Å². The monoisotopic (exact) mass is 1860 g/mol. The summed E-state index contributed by atoms with van der Waals surface area (Å²) in [4.78, 5) is 72.2. The fourth-order valence-electron chi connectivity index (χ4n) is 8.13. The minimum Gasteiger partial charge on any atom is -0.473 e. The smallest absolute Gasteiger partial charge is 0.180 e. The van der Waals surface area contributed by atoms with Crippen LogP contribution in [0.3, 0.4) is 0 Å². The first-order chi connectivity index (χ1) is 65.3. The second-order valence-corrected chi connectivity index (χ2v) is 27.9. The molecule has 0 radical (unpaired) electrons. The Morgan fingerprint density at radius 1 is 0.303 bits per heavy atom. The van der Waals surface area contributed by atoms with Gasteiger partial charge in [0.05, 0.1) is 71.7 Å². The predicted octanol–water partition coefficient (Wildman–Crippen LogP) is 25.4. The molecule has 0 aliphatic carbocycles. The third-order valence-corrected chi connectivity index (χ3v) is 18.1. The van der Waals surface area contributed by atoms with E-state index in [1.807, 2.05) is 192 Å². The molecular formula is C97H96N26O3S6. The van der Waals surface area contributed by atoms with E-state index in [1.165, 1.54) is 73.5 Å². The number of azo groups is 1.